The Bertz CT molecular complexity index is 891. The Hall–Kier alpha value is -2.22. The highest BCUT2D eigenvalue weighted by atomic mass is 35.5. The van der Waals surface area contributed by atoms with E-state index >= 15 is 0 Å². The number of pyridine rings is 1. The van der Waals surface area contributed by atoms with Gasteiger partial charge in [0.05, 0.1) is 30.6 Å². The number of nitrogen functional groups attached to an aromatic ring is 1. The van der Waals surface area contributed by atoms with Gasteiger partial charge >= 0.3 is 0 Å². The Morgan fingerprint density at radius 1 is 1.29 bits per heavy atom. The van der Waals surface area contributed by atoms with E-state index in [1.54, 1.807) is 25.3 Å². The summed E-state index contributed by atoms with van der Waals surface area (Å²) in [4.78, 5) is 16.1. The number of hydrazone groups is 1. The van der Waals surface area contributed by atoms with Crippen LogP contribution in [0, 0.1) is 0 Å². The summed E-state index contributed by atoms with van der Waals surface area (Å²) in [5.74, 6) is 0.519. The minimum atomic E-state index is -0.682. The first-order valence-electron chi connectivity index (χ1n) is 8.33. The van der Waals surface area contributed by atoms with Gasteiger partial charge in [-0.05, 0) is 30.2 Å². The topological polar surface area (TPSA) is 98.8 Å². The third kappa shape index (κ3) is 5.41. The van der Waals surface area contributed by atoms with Crippen LogP contribution >= 0.6 is 34.8 Å². The van der Waals surface area contributed by atoms with Crippen molar-refractivity contribution < 1.29 is 14.3 Å². The number of anilines is 1. The number of carbonyl (C=O) groups is 1. The maximum atomic E-state index is 12.2. The first kappa shape index (κ1) is 22.1. The number of aromatic nitrogens is 1. The zero-order valence-electron chi connectivity index (χ0n) is 15.3. The summed E-state index contributed by atoms with van der Waals surface area (Å²) in [6.45, 7) is 2.69. The lowest BCUT2D eigenvalue weighted by Crippen LogP contribution is -2.20. The van der Waals surface area contributed by atoms with Crippen LogP contribution in [0.3, 0.4) is 0 Å². The molecule has 0 spiro atoms. The predicted molar refractivity (Wildman–Crippen MR) is 112 cm³/mol. The van der Waals surface area contributed by atoms with Crippen molar-refractivity contribution in [3.05, 3.63) is 44.7 Å². The molecule has 0 aliphatic carbocycles. The van der Waals surface area contributed by atoms with E-state index in [1.807, 2.05) is 0 Å². The fourth-order valence-electron chi connectivity index (χ4n) is 2.11. The van der Waals surface area contributed by atoms with Crippen LogP contribution in [0.25, 0.3) is 0 Å². The number of nitrogens with zero attached hydrogens (tertiary/aromatic N) is 2. The number of ether oxygens (including phenoxy) is 2. The number of unbranched alkanes of at least 4 members (excludes halogenated alkanes) is 1. The molecule has 0 saturated heterocycles. The summed E-state index contributed by atoms with van der Waals surface area (Å²) in [6.07, 6.45) is 3.43. The smallest absolute Gasteiger partial charge is 0.291 e. The molecule has 0 atom stereocenters. The molecule has 0 fully saturated rings. The lowest BCUT2D eigenvalue weighted by atomic mass is 10.2. The molecule has 28 heavy (non-hydrogen) atoms. The number of rotatable bonds is 8. The normalized spacial score (nSPS) is 10.9. The molecular formula is C18H19Cl3N4O3. The van der Waals surface area contributed by atoms with Gasteiger partial charge in [-0.1, -0.05) is 48.1 Å². The van der Waals surface area contributed by atoms with Crippen LogP contribution in [0.4, 0.5) is 5.69 Å². The molecular weight excluding hydrogens is 427 g/mol. The van der Waals surface area contributed by atoms with Gasteiger partial charge in [-0.3, -0.25) is 4.79 Å². The van der Waals surface area contributed by atoms with Gasteiger partial charge in [0.2, 0.25) is 0 Å². The van der Waals surface area contributed by atoms with E-state index in [0.29, 0.717) is 23.7 Å². The first-order chi connectivity index (χ1) is 13.4. The largest absolute Gasteiger partial charge is 0.493 e. The summed E-state index contributed by atoms with van der Waals surface area (Å²) in [6, 6.07) is 5.29. The summed E-state index contributed by atoms with van der Waals surface area (Å²) in [5, 5.41) is 3.65. The number of hydrogen-bond acceptors (Lipinski definition) is 6. The maximum Gasteiger partial charge on any atom is 0.291 e. The molecule has 2 rings (SSSR count). The third-order valence-corrected chi connectivity index (χ3v) is 4.75. The van der Waals surface area contributed by atoms with E-state index in [9.17, 15) is 4.79 Å². The maximum absolute atomic E-state index is 12.2. The quantitative estimate of drug-likeness (QED) is 0.268. The molecule has 1 amide bonds. The third-order valence-electron chi connectivity index (χ3n) is 3.61. The number of hydrogen-bond donors (Lipinski definition) is 2. The van der Waals surface area contributed by atoms with Crippen LogP contribution in [0.1, 0.15) is 35.8 Å². The van der Waals surface area contributed by atoms with E-state index < -0.39 is 5.91 Å². The van der Waals surface area contributed by atoms with Crippen molar-refractivity contribution in [2.45, 2.75) is 19.8 Å². The van der Waals surface area contributed by atoms with Gasteiger partial charge in [0.15, 0.2) is 22.3 Å². The van der Waals surface area contributed by atoms with Crippen LogP contribution in [-0.2, 0) is 0 Å². The lowest BCUT2D eigenvalue weighted by Gasteiger charge is -2.10. The Kier molecular flexibility index (Phi) is 8.17. The molecule has 3 N–H and O–H groups in total. The van der Waals surface area contributed by atoms with Crippen LogP contribution in [0.5, 0.6) is 11.5 Å². The average Bonchev–Trinajstić information content (AvgIpc) is 2.69. The number of halogens is 3. The zero-order chi connectivity index (χ0) is 20.7. The highest BCUT2D eigenvalue weighted by Crippen LogP contribution is 2.34. The van der Waals surface area contributed by atoms with Gasteiger partial charge in [-0.25, -0.2) is 10.4 Å². The van der Waals surface area contributed by atoms with E-state index in [1.165, 1.54) is 6.21 Å². The van der Waals surface area contributed by atoms with Crippen molar-refractivity contribution in [1.82, 2.24) is 10.4 Å². The molecule has 0 saturated carbocycles. The number of nitrogens with one attached hydrogen (secondary N) is 1. The van der Waals surface area contributed by atoms with Crippen LogP contribution in [0.15, 0.2) is 23.3 Å². The molecule has 10 heteroatoms. The minimum Gasteiger partial charge on any atom is -0.493 e. The summed E-state index contributed by atoms with van der Waals surface area (Å²) < 4.78 is 11.0. The van der Waals surface area contributed by atoms with E-state index in [-0.39, 0.29) is 26.6 Å². The van der Waals surface area contributed by atoms with Gasteiger partial charge in [0.25, 0.3) is 5.91 Å². The molecule has 150 valence electrons. The van der Waals surface area contributed by atoms with Gasteiger partial charge in [-0.2, -0.15) is 5.10 Å². The zero-order valence-corrected chi connectivity index (χ0v) is 17.5. The molecule has 7 nitrogen and oxygen atoms in total. The van der Waals surface area contributed by atoms with Crippen LogP contribution < -0.4 is 20.6 Å². The Morgan fingerprint density at radius 2 is 2.04 bits per heavy atom. The number of benzene rings is 1. The highest BCUT2D eigenvalue weighted by molar-refractivity contribution is 6.46. The van der Waals surface area contributed by atoms with E-state index in [4.69, 9.17) is 50.0 Å². The average molecular weight is 446 g/mol. The Morgan fingerprint density at radius 3 is 2.71 bits per heavy atom. The lowest BCUT2D eigenvalue weighted by molar-refractivity contribution is 0.0950. The Labute approximate surface area is 177 Å². The summed E-state index contributed by atoms with van der Waals surface area (Å²) in [5.41, 5.74) is 8.49. The highest BCUT2D eigenvalue weighted by Gasteiger charge is 2.19. The first-order valence-corrected chi connectivity index (χ1v) is 9.46. The molecule has 2 aromatic rings. The van der Waals surface area contributed by atoms with Crippen molar-refractivity contribution in [2.24, 2.45) is 5.10 Å². The standard InChI is InChI=1S/C18H19Cl3N4O3/c1-3-4-7-28-11-6-5-10(8-12(11)27-2)9-23-25-18(26)16-13(19)15(22)14(20)17(21)24-16/h5-6,8-9H,3-4,7H2,1-2H3,(H2,22,24)(H,25,26)/b23-9+. The second-order valence-corrected chi connectivity index (χ2v) is 6.72. The van der Waals surface area contributed by atoms with Crippen molar-refractivity contribution in [1.29, 1.82) is 0 Å². The van der Waals surface area contributed by atoms with Gasteiger partial charge < -0.3 is 15.2 Å². The van der Waals surface area contributed by atoms with Crippen molar-refractivity contribution in [3.63, 3.8) is 0 Å². The number of amides is 1. The second kappa shape index (κ2) is 10.4. The predicted octanol–water partition coefficient (Wildman–Crippen LogP) is 4.58. The molecule has 0 aliphatic rings. The number of carbonyl (C=O) groups excluding carboxylic acids is 1. The summed E-state index contributed by atoms with van der Waals surface area (Å²) >= 11 is 17.7. The monoisotopic (exact) mass is 444 g/mol. The molecule has 0 bridgehead atoms. The van der Waals surface area contributed by atoms with Crippen LogP contribution in [-0.4, -0.2) is 30.8 Å². The molecule has 0 unspecified atom stereocenters. The van der Waals surface area contributed by atoms with Crippen molar-refractivity contribution in [3.8, 4) is 11.5 Å². The molecule has 1 heterocycles. The van der Waals surface area contributed by atoms with Crippen LogP contribution in [0.2, 0.25) is 15.2 Å². The SMILES string of the molecule is CCCCOc1ccc(/C=N/NC(=O)c2nc(Cl)c(Cl)c(N)c2Cl)cc1OC. The second-order valence-electron chi connectivity index (χ2n) is 5.60. The minimum absolute atomic E-state index is 0.0138. The Balaban J connectivity index is 2.09. The van der Waals surface area contributed by atoms with Crippen molar-refractivity contribution in [2.75, 3.05) is 19.5 Å². The molecule has 0 radical (unpaired) electrons. The van der Waals surface area contributed by atoms with E-state index in [0.717, 1.165) is 12.8 Å². The molecule has 1 aromatic carbocycles. The van der Waals surface area contributed by atoms with Gasteiger partial charge in [0, 0.05) is 0 Å². The number of methoxy groups -OCH3 is 1. The molecule has 1 aromatic heterocycles. The molecule has 0 aliphatic heterocycles. The number of nitrogens with two attached hydrogens (primary N) is 1. The van der Waals surface area contributed by atoms with Crippen molar-refractivity contribution >= 4 is 52.6 Å². The fraction of sp³-hybridized carbons (Fsp3) is 0.278. The fourth-order valence-corrected chi connectivity index (χ4v) is 2.70. The van der Waals surface area contributed by atoms with Gasteiger partial charge in [0.1, 0.15) is 5.02 Å². The van der Waals surface area contributed by atoms with E-state index in [2.05, 4.69) is 22.4 Å². The van der Waals surface area contributed by atoms with Gasteiger partial charge in [-0.15, -0.1) is 0 Å². The summed E-state index contributed by atoms with van der Waals surface area (Å²) in [7, 11) is 1.55.